The van der Waals surface area contributed by atoms with Crippen molar-refractivity contribution in [3.8, 4) is 11.4 Å². The molecule has 1 unspecified atom stereocenters. The van der Waals surface area contributed by atoms with Crippen LogP contribution in [0.4, 0.5) is 5.69 Å². The van der Waals surface area contributed by atoms with Gasteiger partial charge < -0.3 is 16.0 Å². The zero-order chi connectivity index (χ0) is 20.4. The van der Waals surface area contributed by atoms with Gasteiger partial charge in [0.25, 0.3) is 0 Å². The van der Waals surface area contributed by atoms with Crippen LogP contribution in [0.3, 0.4) is 0 Å². The van der Waals surface area contributed by atoms with Crippen LogP contribution in [0.5, 0.6) is 0 Å². The van der Waals surface area contributed by atoms with Crippen molar-refractivity contribution in [1.29, 1.82) is 0 Å². The Labute approximate surface area is 170 Å². The Balaban J connectivity index is 1.35. The lowest BCUT2D eigenvalue weighted by Crippen LogP contribution is -2.39. The second kappa shape index (κ2) is 8.32. The summed E-state index contributed by atoms with van der Waals surface area (Å²) in [5.41, 5.74) is 7.08. The fourth-order valence-electron chi connectivity index (χ4n) is 4.28. The summed E-state index contributed by atoms with van der Waals surface area (Å²) < 4.78 is 0. The minimum Gasteiger partial charge on any atom is -0.339 e. The summed E-state index contributed by atoms with van der Waals surface area (Å²) in [6.45, 7) is 3.10. The molecule has 2 fully saturated rings. The van der Waals surface area contributed by atoms with E-state index in [2.05, 4.69) is 27.4 Å². The van der Waals surface area contributed by atoms with Crippen LogP contribution in [0.1, 0.15) is 44.9 Å². The number of carbonyl (C=O) groups is 2. The van der Waals surface area contributed by atoms with Crippen molar-refractivity contribution in [2.45, 2.75) is 51.6 Å². The van der Waals surface area contributed by atoms with Gasteiger partial charge in [0.05, 0.1) is 12.5 Å². The third-order valence-corrected chi connectivity index (χ3v) is 6.09. The maximum absolute atomic E-state index is 12.7. The molecule has 29 heavy (non-hydrogen) atoms. The summed E-state index contributed by atoms with van der Waals surface area (Å²) in [6, 6.07) is 7.66. The number of rotatable bonds is 5. The highest BCUT2D eigenvalue weighted by Crippen LogP contribution is 2.31. The maximum atomic E-state index is 12.7. The van der Waals surface area contributed by atoms with Crippen molar-refractivity contribution in [1.82, 2.24) is 20.1 Å². The van der Waals surface area contributed by atoms with E-state index < -0.39 is 0 Å². The third kappa shape index (κ3) is 4.32. The fraction of sp³-hybridized carbons (Fsp3) is 0.524. The second-order valence-corrected chi connectivity index (χ2v) is 8.24. The van der Waals surface area contributed by atoms with Crippen molar-refractivity contribution in [2.75, 3.05) is 11.9 Å². The van der Waals surface area contributed by atoms with Crippen LogP contribution in [0.25, 0.3) is 11.4 Å². The standard InChI is InChI=1S/C21H28N6O2/c1-13-2-8-17(9-3-13)27-12-15(10-19(27)28)21(29)23-16-6-4-14(5-7-16)20-24-18(11-22)25-26-20/h4-7,13,15,17H,2-3,8-12,22H2,1H3,(H,23,29)(H,24,25,26). The molecule has 2 amide bonds. The first-order valence-electron chi connectivity index (χ1n) is 10.4. The zero-order valence-electron chi connectivity index (χ0n) is 16.7. The normalized spacial score (nSPS) is 24.7. The lowest BCUT2D eigenvalue weighted by Gasteiger charge is -2.33. The lowest BCUT2D eigenvalue weighted by molar-refractivity contribution is -0.130. The predicted molar refractivity (Wildman–Crippen MR) is 110 cm³/mol. The Hall–Kier alpha value is -2.74. The van der Waals surface area contributed by atoms with E-state index in [0.717, 1.165) is 37.2 Å². The number of hydrogen-bond donors (Lipinski definition) is 3. The summed E-state index contributed by atoms with van der Waals surface area (Å²) in [5, 5.41) is 9.86. The van der Waals surface area contributed by atoms with Crippen LogP contribution < -0.4 is 11.1 Å². The Morgan fingerprint density at radius 3 is 2.62 bits per heavy atom. The zero-order valence-corrected chi connectivity index (χ0v) is 16.7. The molecule has 0 bridgehead atoms. The van der Waals surface area contributed by atoms with E-state index in [1.54, 1.807) is 0 Å². The van der Waals surface area contributed by atoms with E-state index in [1.807, 2.05) is 29.2 Å². The number of anilines is 1. The van der Waals surface area contributed by atoms with E-state index in [4.69, 9.17) is 5.73 Å². The van der Waals surface area contributed by atoms with Gasteiger partial charge >= 0.3 is 0 Å². The molecule has 1 atom stereocenters. The Kier molecular flexibility index (Phi) is 5.62. The number of carbonyl (C=O) groups excluding carboxylic acids is 2. The summed E-state index contributed by atoms with van der Waals surface area (Å²) in [5.74, 6) is 1.66. The highest BCUT2D eigenvalue weighted by molar-refractivity contribution is 5.97. The van der Waals surface area contributed by atoms with Crippen molar-refractivity contribution in [3.05, 3.63) is 30.1 Å². The number of nitrogens with one attached hydrogen (secondary N) is 2. The molecule has 154 valence electrons. The smallest absolute Gasteiger partial charge is 0.229 e. The minimum absolute atomic E-state index is 0.0962. The van der Waals surface area contributed by atoms with Crippen molar-refractivity contribution in [2.24, 2.45) is 17.6 Å². The van der Waals surface area contributed by atoms with E-state index in [1.165, 1.54) is 0 Å². The number of aromatic amines is 1. The number of aromatic nitrogens is 3. The molecule has 8 heteroatoms. The van der Waals surface area contributed by atoms with Gasteiger partial charge in [-0.25, -0.2) is 4.98 Å². The summed E-state index contributed by atoms with van der Waals surface area (Å²) in [6.07, 6.45) is 4.73. The first-order chi connectivity index (χ1) is 14.0. The molecule has 1 saturated heterocycles. The lowest BCUT2D eigenvalue weighted by atomic mass is 9.87. The first-order valence-corrected chi connectivity index (χ1v) is 10.4. The van der Waals surface area contributed by atoms with E-state index in [0.29, 0.717) is 42.9 Å². The summed E-state index contributed by atoms with van der Waals surface area (Å²) in [7, 11) is 0. The van der Waals surface area contributed by atoms with Crippen LogP contribution in [0.2, 0.25) is 0 Å². The van der Waals surface area contributed by atoms with Gasteiger partial charge in [0.1, 0.15) is 5.82 Å². The highest BCUT2D eigenvalue weighted by Gasteiger charge is 2.38. The van der Waals surface area contributed by atoms with E-state index in [9.17, 15) is 9.59 Å². The molecule has 1 aliphatic carbocycles. The van der Waals surface area contributed by atoms with Crippen molar-refractivity contribution >= 4 is 17.5 Å². The molecule has 0 spiro atoms. The van der Waals surface area contributed by atoms with Crippen LogP contribution in [0, 0.1) is 11.8 Å². The number of nitrogens with zero attached hydrogens (tertiary/aromatic N) is 3. The van der Waals surface area contributed by atoms with Gasteiger partial charge in [-0.15, -0.1) is 0 Å². The summed E-state index contributed by atoms with van der Waals surface area (Å²) >= 11 is 0. The van der Waals surface area contributed by atoms with E-state index in [-0.39, 0.29) is 17.7 Å². The van der Waals surface area contributed by atoms with E-state index >= 15 is 0 Å². The Bertz CT molecular complexity index is 870. The average Bonchev–Trinajstić information content (AvgIpc) is 3.36. The molecule has 8 nitrogen and oxygen atoms in total. The van der Waals surface area contributed by atoms with Gasteiger partial charge in [-0.1, -0.05) is 6.92 Å². The quantitative estimate of drug-likeness (QED) is 0.717. The molecule has 0 radical (unpaired) electrons. The first kappa shape index (κ1) is 19.6. The highest BCUT2D eigenvalue weighted by atomic mass is 16.2. The molecule has 1 aromatic carbocycles. The van der Waals surface area contributed by atoms with Crippen LogP contribution in [-0.4, -0.2) is 44.5 Å². The van der Waals surface area contributed by atoms with Gasteiger partial charge in [-0.05, 0) is 55.9 Å². The van der Waals surface area contributed by atoms with Gasteiger partial charge in [-0.3, -0.25) is 14.7 Å². The Morgan fingerprint density at radius 1 is 1.24 bits per heavy atom. The number of nitrogens with two attached hydrogens (primary N) is 1. The maximum Gasteiger partial charge on any atom is 0.229 e. The number of benzene rings is 1. The molecule has 1 saturated carbocycles. The minimum atomic E-state index is -0.290. The molecule has 1 aliphatic heterocycles. The van der Waals surface area contributed by atoms with Gasteiger partial charge in [0, 0.05) is 30.3 Å². The average molecular weight is 396 g/mol. The predicted octanol–water partition coefficient (Wildman–Crippen LogP) is 2.30. The largest absolute Gasteiger partial charge is 0.339 e. The molecule has 4 N–H and O–H groups in total. The Morgan fingerprint density at radius 2 is 1.97 bits per heavy atom. The van der Waals surface area contributed by atoms with Gasteiger partial charge in [0.15, 0.2) is 5.82 Å². The number of hydrogen-bond acceptors (Lipinski definition) is 5. The molecule has 2 aliphatic rings. The molecule has 2 heterocycles. The van der Waals surface area contributed by atoms with Crippen LogP contribution in [0.15, 0.2) is 24.3 Å². The van der Waals surface area contributed by atoms with Crippen molar-refractivity contribution < 1.29 is 9.59 Å². The molecular formula is C21H28N6O2. The number of H-pyrrole nitrogens is 1. The second-order valence-electron chi connectivity index (χ2n) is 8.24. The summed E-state index contributed by atoms with van der Waals surface area (Å²) in [4.78, 5) is 31.4. The van der Waals surface area contributed by atoms with Gasteiger partial charge in [-0.2, -0.15) is 5.10 Å². The third-order valence-electron chi connectivity index (χ3n) is 6.09. The topological polar surface area (TPSA) is 117 Å². The molecular weight excluding hydrogens is 368 g/mol. The van der Waals surface area contributed by atoms with Gasteiger partial charge in [0.2, 0.25) is 11.8 Å². The molecule has 4 rings (SSSR count). The SMILES string of the molecule is CC1CCC(N2CC(C(=O)Nc3ccc(-c4n[nH]c(CN)n4)cc3)CC2=O)CC1. The number of amides is 2. The molecule has 2 aromatic rings. The monoisotopic (exact) mass is 396 g/mol. The van der Waals surface area contributed by atoms with Crippen molar-refractivity contribution in [3.63, 3.8) is 0 Å². The fourth-order valence-corrected chi connectivity index (χ4v) is 4.28. The number of likely N-dealkylation sites (tertiary alicyclic amines) is 1. The van der Waals surface area contributed by atoms with Crippen LogP contribution >= 0.6 is 0 Å². The van der Waals surface area contributed by atoms with Crippen LogP contribution in [-0.2, 0) is 16.1 Å². The molecule has 1 aromatic heterocycles.